The molecule has 0 spiro atoms. The van der Waals surface area contributed by atoms with Crippen LogP contribution < -0.4 is 4.90 Å². The van der Waals surface area contributed by atoms with E-state index in [-0.39, 0.29) is 0 Å². The second-order valence-electron chi connectivity index (χ2n) is 14.8. The lowest BCUT2D eigenvalue weighted by Crippen LogP contribution is -2.18. The summed E-state index contributed by atoms with van der Waals surface area (Å²) < 4.78 is 7.53. The summed E-state index contributed by atoms with van der Waals surface area (Å²) in [6.45, 7) is 0. The zero-order valence-corrected chi connectivity index (χ0v) is 31.4. The number of hydrogen-bond acceptors (Lipinski definition) is 2. The molecular weight excluding hydrogens is 699 g/mol. The van der Waals surface area contributed by atoms with Crippen LogP contribution in [0.25, 0.3) is 85.9 Å². The fourth-order valence-corrected chi connectivity index (χ4v) is 10.6. The minimum Gasteiger partial charge on any atom is -0.313 e. The highest BCUT2D eigenvalue weighted by Crippen LogP contribution is 2.46. The first-order valence-corrected chi connectivity index (χ1v) is 20.2. The van der Waals surface area contributed by atoms with Crippen molar-refractivity contribution in [3.63, 3.8) is 0 Å². The van der Waals surface area contributed by atoms with Gasteiger partial charge in [0.15, 0.2) is 0 Å². The topological polar surface area (TPSA) is 13.1 Å². The van der Waals surface area contributed by atoms with E-state index in [2.05, 4.69) is 202 Å². The van der Waals surface area contributed by atoms with Crippen molar-refractivity contribution in [3.05, 3.63) is 194 Å². The van der Waals surface area contributed by atoms with Crippen molar-refractivity contribution >= 4 is 103 Å². The van der Waals surface area contributed by atoms with Crippen molar-refractivity contribution < 1.29 is 0 Å². The summed E-state index contributed by atoms with van der Waals surface area (Å²) in [5, 5.41) is 10.3. The first-order valence-electron chi connectivity index (χ1n) is 19.4. The number of allylic oxidation sites excluding steroid dienone is 4. The molecule has 0 radical (unpaired) electrons. The smallest absolute Gasteiger partial charge is 0.0637 e. The quantitative estimate of drug-likeness (QED) is 0.172. The van der Waals surface area contributed by atoms with Gasteiger partial charge in [0.25, 0.3) is 0 Å². The normalized spacial score (nSPS) is 13.4. The van der Waals surface area contributed by atoms with Crippen molar-refractivity contribution in [2.24, 2.45) is 0 Å². The molecule has 0 N–H and O–H groups in total. The number of anilines is 2. The fraction of sp³-hybridized carbons (Fsp3) is 0.0385. The maximum atomic E-state index is 2.54. The molecule has 4 heteroatoms. The molecule has 8 aromatic carbocycles. The molecule has 3 aromatic heterocycles. The lowest BCUT2D eigenvalue weighted by Gasteiger charge is -2.31. The Balaban J connectivity index is 1.08. The number of thiophene rings is 1. The number of benzene rings is 8. The molecule has 56 heavy (non-hydrogen) atoms. The van der Waals surface area contributed by atoms with Crippen LogP contribution in [0, 0.1) is 0 Å². The first-order chi connectivity index (χ1) is 27.8. The van der Waals surface area contributed by atoms with Crippen LogP contribution >= 0.6 is 11.3 Å². The Morgan fingerprint density at radius 1 is 0.446 bits per heavy atom. The molecule has 3 nitrogen and oxygen atoms in total. The average molecular weight is 734 g/mol. The summed E-state index contributed by atoms with van der Waals surface area (Å²) in [5.74, 6) is 0. The average Bonchev–Trinajstić information content (AvgIpc) is 3.93. The zero-order valence-electron chi connectivity index (χ0n) is 30.6. The molecule has 11 aromatic rings. The third-order valence-corrected chi connectivity index (χ3v) is 13.0. The maximum absolute atomic E-state index is 2.54. The standard InChI is InChI=1S/C52H35N3S/c1-2-14-35(15-3-1)54-45-21-9-6-17-40(45)44-33-38(30-32-47(44)54)53(49-23-12-20-42-41-18-8-11-24-50(41)56-52(42)49)36-26-28-37(29-27-36)55-46-22-10-7-19-43(46)51-39-16-5-4-13-34(39)25-31-48(51)55/h1-26,28,30-33H,27,29H2. The van der Waals surface area contributed by atoms with Crippen molar-refractivity contribution in [1.82, 2.24) is 9.13 Å². The second kappa shape index (κ2) is 12.3. The molecule has 0 bridgehead atoms. The van der Waals surface area contributed by atoms with E-state index < -0.39 is 0 Å². The van der Waals surface area contributed by atoms with Gasteiger partial charge < -0.3 is 14.0 Å². The Kier molecular flexibility index (Phi) is 6.92. The van der Waals surface area contributed by atoms with E-state index in [1.165, 1.54) is 103 Å². The van der Waals surface area contributed by atoms with E-state index in [0.717, 1.165) is 12.8 Å². The monoisotopic (exact) mass is 733 g/mol. The summed E-state index contributed by atoms with van der Waals surface area (Å²) in [6, 6.07) is 64.5. The van der Waals surface area contributed by atoms with Crippen molar-refractivity contribution in [2.45, 2.75) is 12.8 Å². The van der Waals surface area contributed by atoms with Crippen LogP contribution in [0.3, 0.4) is 0 Å². The summed E-state index contributed by atoms with van der Waals surface area (Å²) in [4.78, 5) is 2.54. The highest BCUT2D eigenvalue weighted by atomic mass is 32.1. The number of rotatable bonds is 5. The number of para-hydroxylation sites is 3. The highest BCUT2D eigenvalue weighted by molar-refractivity contribution is 7.26. The van der Waals surface area contributed by atoms with Gasteiger partial charge in [0.2, 0.25) is 0 Å². The molecule has 1 aliphatic rings. The minimum atomic E-state index is 0.901. The third kappa shape index (κ3) is 4.63. The van der Waals surface area contributed by atoms with Crippen LogP contribution in [0.1, 0.15) is 12.8 Å². The minimum absolute atomic E-state index is 0.901. The second-order valence-corrected chi connectivity index (χ2v) is 15.9. The van der Waals surface area contributed by atoms with Gasteiger partial charge in [0, 0.05) is 59.8 Å². The Morgan fingerprint density at radius 2 is 1.12 bits per heavy atom. The fourth-order valence-electron chi connectivity index (χ4n) is 9.36. The number of fused-ring (bicyclic) bond motifs is 11. The van der Waals surface area contributed by atoms with Gasteiger partial charge in [-0.15, -0.1) is 11.3 Å². The molecule has 0 saturated heterocycles. The SMILES string of the molecule is C1=C(N(c2ccc3c(c2)c2ccccc2n3-c2ccccc2)c2cccc3c2sc2ccccc23)CCC(n2c3ccccc3c3c4ccccc4ccc32)=C1. The molecule has 3 heterocycles. The van der Waals surface area contributed by atoms with Gasteiger partial charge in [0.05, 0.1) is 32.5 Å². The zero-order chi connectivity index (χ0) is 36.7. The largest absolute Gasteiger partial charge is 0.313 e. The predicted molar refractivity (Wildman–Crippen MR) is 241 cm³/mol. The van der Waals surface area contributed by atoms with Crippen LogP contribution in [0.5, 0.6) is 0 Å². The summed E-state index contributed by atoms with van der Waals surface area (Å²) in [6.07, 6.45) is 6.57. The first kappa shape index (κ1) is 31.5. The Labute approximate surface area is 327 Å². The molecular formula is C52H35N3S. The van der Waals surface area contributed by atoms with Crippen LogP contribution in [0.4, 0.5) is 11.4 Å². The Bertz CT molecular complexity index is 3430. The maximum Gasteiger partial charge on any atom is 0.0637 e. The van der Waals surface area contributed by atoms with Gasteiger partial charge in [-0.1, -0.05) is 115 Å². The van der Waals surface area contributed by atoms with E-state index in [4.69, 9.17) is 0 Å². The summed E-state index contributed by atoms with van der Waals surface area (Å²) in [5.41, 5.74) is 11.1. The molecule has 0 saturated carbocycles. The highest BCUT2D eigenvalue weighted by Gasteiger charge is 2.24. The Hall–Kier alpha value is -6.88. The van der Waals surface area contributed by atoms with E-state index >= 15 is 0 Å². The lowest BCUT2D eigenvalue weighted by molar-refractivity contribution is 0.897. The molecule has 0 fully saturated rings. The van der Waals surface area contributed by atoms with Crippen LogP contribution in [0.2, 0.25) is 0 Å². The van der Waals surface area contributed by atoms with Gasteiger partial charge >= 0.3 is 0 Å². The van der Waals surface area contributed by atoms with E-state index in [9.17, 15) is 0 Å². The van der Waals surface area contributed by atoms with Crippen LogP contribution in [-0.4, -0.2) is 9.13 Å². The Morgan fingerprint density at radius 3 is 1.96 bits per heavy atom. The van der Waals surface area contributed by atoms with E-state index in [0.29, 0.717) is 0 Å². The molecule has 0 unspecified atom stereocenters. The van der Waals surface area contributed by atoms with Crippen LogP contribution in [-0.2, 0) is 0 Å². The van der Waals surface area contributed by atoms with Crippen LogP contribution in [0.15, 0.2) is 194 Å². The van der Waals surface area contributed by atoms with E-state index in [1.807, 2.05) is 11.3 Å². The van der Waals surface area contributed by atoms with Crippen molar-refractivity contribution in [1.29, 1.82) is 0 Å². The van der Waals surface area contributed by atoms with Gasteiger partial charge in [-0.3, -0.25) is 0 Å². The molecule has 12 rings (SSSR count). The molecule has 1 aliphatic carbocycles. The third-order valence-electron chi connectivity index (χ3n) is 11.8. The summed E-state index contributed by atoms with van der Waals surface area (Å²) in [7, 11) is 0. The predicted octanol–water partition coefficient (Wildman–Crippen LogP) is 14.8. The molecule has 0 amide bonds. The van der Waals surface area contributed by atoms with Gasteiger partial charge in [-0.2, -0.15) is 0 Å². The van der Waals surface area contributed by atoms with Gasteiger partial charge in [0.1, 0.15) is 0 Å². The molecule has 264 valence electrons. The summed E-state index contributed by atoms with van der Waals surface area (Å²) >= 11 is 1.89. The molecule has 0 aliphatic heterocycles. The van der Waals surface area contributed by atoms with Gasteiger partial charge in [-0.25, -0.2) is 0 Å². The van der Waals surface area contributed by atoms with Gasteiger partial charge in [-0.05, 0) is 96.4 Å². The number of nitrogens with zero attached hydrogens (tertiary/aromatic N) is 3. The molecule has 0 atom stereocenters. The van der Waals surface area contributed by atoms with Crippen molar-refractivity contribution in [3.8, 4) is 5.69 Å². The number of hydrogen-bond donors (Lipinski definition) is 0. The number of aromatic nitrogens is 2. The lowest BCUT2D eigenvalue weighted by atomic mass is 10.0. The van der Waals surface area contributed by atoms with Crippen molar-refractivity contribution in [2.75, 3.05) is 4.90 Å². The van der Waals surface area contributed by atoms with E-state index in [1.54, 1.807) is 0 Å².